The molecule has 27 heavy (non-hydrogen) atoms. The van der Waals surface area contributed by atoms with E-state index in [1.165, 1.54) is 11.0 Å². The predicted octanol–water partition coefficient (Wildman–Crippen LogP) is 5.25. The lowest BCUT2D eigenvalue weighted by atomic mass is 9.81. The predicted molar refractivity (Wildman–Crippen MR) is 105 cm³/mol. The molecule has 4 nitrogen and oxygen atoms in total. The van der Waals surface area contributed by atoms with Crippen LogP contribution in [0.3, 0.4) is 0 Å². The minimum Gasteiger partial charge on any atom is -0.487 e. The van der Waals surface area contributed by atoms with E-state index < -0.39 is 0 Å². The van der Waals surface area contributed by atoms with Crippen LogP contribution in [0.25, 0.3) is 0 Å². The summed E-state index contributed by atoms with van der Waals surface area (Å²) >= 11 is 12.6. The molecule has 2 amide bonds. The molecule has 2 aromatic carbocycles. The van der Waals surface area contributed by atoms with Crippen molar-refractivity contribution >= 4 is 40.7 Å². The third-order valence-corrected chi connectivity index (χ3v) is 5.92. The maximum atomic E-state index is 12.9. The van der Waals surface area contributed by atoms with Crippen molar-refractivity contribution in [3.05, 3.63) is 58.1 Å². The van der Waals surface area contributed by atoms with Crippen LogP contribution in [0.2, 0.25) is 10.0 Å². The lowest BCUT2D eigenvalue weighted by molar-refractivity contribution is -0.122. The summed E-state index contributed by atoms with van der Waals surface area (Å²) in [4.78, 5) is 26.9. The Bertz CT molecular complexity index is 860. The highest BCUT2D eigenvalue weighted by Gasteiger charge is 2.49. The van der Waals surface area contributed by atoms with Crippen LogP contribution < -0.4 is 9.64 Å². The molecule has 2 aliphatic rings. The van der Waals surface area contributed by atoms with E-state index in [9.17, 15) is 9.59 Å². The standard InChI is InChI=1S/C21H19Cl2NO3/c22-16-10-17(23)19(27-12-13-6-2-1-3-7-13)11-18(16)24-20(25)14-8-4-5-9-15(14)21(24)26/h1-3,6-7,10-11,14-15H,4-5,8-9,12H2/t14-,15+. The summed E-state index contributed by atoms with van der Waals surface area (Å²) in [5.74, 6) is -0.389. The lowest BCUT2D eigenvalue weighted by Crippen LogP contribution is -2.31. The van der Waals surface area contributed by atoms with Gasteiger partial charge in [-0.15, -0.1) is 0 Å². The summed E-state index contributed by atoms with van der Waals surface area (Å²) in [7, 11) is 0. The maximum Gasteiger partial charge on any atom is 0.237 e. The zero-order chi connectivity index (χ0) is 19.0. The molecular formula is C21H19Cl2NO3. The Morgan fingerprint density at radius 1 is 0.926 bits per heavy atom. The van der Waals surface area contributed by atoms with Crippen LogP contribution in [0, 0.1) is 11.8 Å². The number of fused-ring (bicyclic) bond motifs is 1. The monoisotopic (exact) mass is 403 g/mol. The van der Waals surface area contributed by atoms with Gasteiger partial charge in [-0.2, -0.15) is 0 Å². The second-order valence-corrected chi connectivity index (χ2v) is 7.83. The number of carbonyl (C=O) groups is 2. The Kier molecular flexibility index (Phi) is 5.11. The molecule has 0 N–H and O–H groups in total. The normalized spacial score (nSPS) is 22.1. The zero-order valence-corrected chi connectivity index (χ0v) is 16.2. The largest absolute Gasteiger partial charge is 0.487 e. The fourth-order valence-electron chi connectivity index (χ4n) is 3.94. The van der Waals surface area contributed by atoms with Crippen LogP contribution in [0.15, 0.2) is 42.5 Å². The van der Waals surface area contributed by atoms with Gasteiger partial charge in [-0.05, 0) is 24.5 Å². The number of carbonyl (C=O) groups excluding carboxylic acids is 2. The Morgan fingerprint density at radius 3 is 2.19 bits per heavy atom. The van der Waals surface area contributed by atoms with Gasteiger partial charge in [-0.25, -0.2) is 4.90 Å². The molecule has 0 aromatic heterocycles. The van der Waals surface area contributed by atoms with Gasteiger partial charge in [0.2, 0.25) is 11.8 Å². The van der Waals surface area contributed by atoms with Gasteiger partial charge in [0.1, 0.15) is 12.4 Å². The zero-order valence-electron chi connectivity index (χ0n) is 14.7. The first-order valence-corrected chi connectivity index (χ1v) is 9.85. The van der Waals surface area contributed by atoms with Gasteiger partial charge in [-0.3, -0.25) is 9.59 Å². The molecule has 0 radical (unpaired) electrons. The van der Waals surface area contributed by atoms with Gasteiger partial charge in [0.25, 0.3) is 0 Å². The minimum atomic E-state index is -0.230. The molecular weight excluding hydrogens is 385 g/mol. The summed E-state index contributed by atoms with van der Waals surface area (Å²) in [5.41, 5.74) is 1.35. The molecule has 1 saturated carbocycles. The van der Waals surface area contributed by atoms with Crippen molar-refractivity contribution < 1.29 is 14.3 Å². The first-order chi connectivity index (χ1) is 13.1. The summed E-state index contributed by atoms with van der Waals surface area (Å²) < 4.78 is 5.83. The second kappa shape index (κ2) is 7.53. The Morgan fingerprint density at radius 2 is 1.56 bits per heavy atom. The van der Waals surface area contributed by atoms with Crippen molar-refractivity contribution in [2.45, 2.75) is 32.3 Å². The summed E-state index contributed by atoms with van der Waals surface area (Å²) in [6.45, 7) is 0.328. The van der Waals surface area contributed by atoms with Gasteiger partial charge < -0.3 is 4.74 Å². The molecule has 2 aromatic rings. The minimum absolute atomic E-state index is 0.164. The van der Waals surface area contributed by atoms with Gasteiger partial charge in [0, 0.05) is 6.07 Å². The van der Waals surface area contributed by atoms with Gasteiger partial charge >= 0.3 is 0 Å². The molecule has 140 valence electrons. The fraction of sp³-hybridized carbons (Fsp3) is 0.333. The van der Waals surface area contributed by atoms with Crippen molar-refractivity contribution in [2.24, 2.45) is 11.8 Å². The number of benzene rings is 2. The summed E-state index contributed by atoms with van der Waals surface area (Å²) in [6.07, 6.45) is 3.48. The average molecular weight is 404 g/mol. The van der Waals surface area contributed by atoms with E-state index in [4.69, 9.17) is 27.9 Å². The first-order valence-electron chi connectivity index (χ1n) is 9.10. The van der Waals surface area contributed by atoms with Crippen molar-refractivity contribution in [1.29, 1.82) is 0 Å². The number of amides is 2. The third kappa shape index (κ3) is 3.44. The molecule has 0 bridgehead atoms. The molecule has 1 aliphatic heterocycles. The smallest absolute Gasteiger partial charge is 0.237 e. The van der Waals surface area contributed by atoms with E-state index >= 15 is 0 Å². The highest BCUT2D eigenvalue weighted by atomic mass is 35.5. The molecule has 6 heteroatoms. The first kappa shape index (κ1) is 18.3. The average Bonchev–Trinajstić information content (AvgIpc) is 2.93. The van der Waals surface area contributed by atoms with E-state index in [0.29, 0.717) is 23.1 Å². The Balaban J connectivity index is 1.63. The Hall–Kier alpha value is -2.04. The van der Waals surface area contributed by atoms with Crippen molar-refractivity contribution in [2.75, 3.05) is 4.90 Å². The fourth-order valence-corrected chi connectivity index (χ4v) is 4.46. The molecule has 0 spiro atoms. The number of hydrogen-bond donors (Lipinski definition) is 0. The van der Waals surface area contributed by atoms with Crippen LogP contribution >= 0.6 is 23.2 Å². The number of ether oxygens (including phenoxy) is 1. The molecule has 1 heterocycles. The van der Waals surface area contributed by atoms with E-state index in [0.717, 1.165) is 31.2 Å². The topological polar surface area (TPSA) is 46.6 Å². The van der Waals surface area contributed by atoms with Crippen LogP contribution in [-0.4, -0.2) is 11.8 Å². The quantitative estimate of drug-likeness (QED) is 0.654. The molecule has 4 rings (SSSR count). The van der Waals surface area contributed by atoms with E-state index in [1.54, 1.807) is 6.07 Å². The van der Waals surface area contributed by atoms with E-state index in [2.05, 4.69) is 0 Å². The van der Waals surface area contributed by atoms with E-state index in [-0.39, 0.29) is 28.7 Å². The number of hydrogen-bond acceptors (Lipinski definition) is 3. The van der Waals surface area contributed by atoms with Crippen LogP contribution in [0.5, 0.6) is 5.75 Å². The molecule has 2 atom stereocenters. The van der Waals surface area contributed by atoms with E-state index in [1.807, 2.05) is 30.3 Å². The number of nitrogens with zero attached hydrogens (tertiary/aromatic N) is 1. The van der Waals surface area contributed by atoms with Gasteiger partial charge in [0.15, 0.2) is 0 Å². The van der Waals surface area contributed by atoms with Gasteiger partial charge in [0.05, 0.1) is 27.6 Å². The Labute approximate surface area is 168 Å². The third-order valence-electron chi connectivity index (χ3n) is 5.32. The maximum absolute atomic E-state index is 12.9. The molecule has 1 aliphatic carbocycles. The van der Waals surface area contributed by atoms with Crippen LogP contribution in [0.1, 0.15) is 31.2 Å². The summed E-state index contributed by atoms with van der Waals surface area (Å²) in [6, 6.07) is 12.8. The van der Waals surface area contributed by atoms with Gasteiger partial charge in [-0.1, -0.05) is 66.4 Å². The van der Waals surface area contributed by atoms with Crippen LogP contribution in [-0.2, 0) is 16.2 Å². The van der Waals surface area contributed by atoms with Crippen molar-refractivity contribution in [3.8, 4) is 5.75 Å². The van der Waals surface area contributed by atoms with Crippen LogP contribution in [0.4, 0.5) is 5.69 Å². The molecule has 0 unspecified atom stereocenters. The molecule has 2 fully saturated rings. The second-order valence-electron chi connectivity index (χ2n) is 7.02. The summed E-state index contributed by atoms with van der Waals surface area (Å²) in [5, 5.41) is 0.614. The number of imide groups is 1. The number of rotatable bonds is 4. The number of anilines is 1. The SMILES string of the molecule is O=C1[C@H]2CCCC[C@H]2C(=O)N1c1cc(OCc2ccccc2)c(Cl)cc1Cl. The highest BCUT2D eigenvalue weighted by molar-refractivity contribution is 6.39. The lowest BCUT2D eigenvalue weighted by Gasteiger charge is -2.19. The number of halogens is 2. The highest BCUT2D eigenvalue weighted by Crippen LogP contribution is 2.44. The molecule has 1 saturated heterocycles. The van der Waals surface area contributed by atoms with Crippen molar-refractivity contribution in [1.82, 2.24) is 0 Å². The van der Waals surface area contributed by atoms with Crippen molar-refractivity contribution in [3.63, 3.8) is 0 Å².